The van der Waals surface area contributed by atoms with E-state index in [1.165, 1.54) is 36.8 Å². The Hall–Kier alpha value is -3.34. The van der Waals surface area contributed by atoms with Crippen LogP contribution in [0.4, 0.5) is 0 Å². The first kappa shape index (κ1) is 26.9. The van der Waals surface area contributed by atoms with Gasteiger partial charge in [0.25, 0.3) is 0 Å². The highest BCUT2D eigenvalue weighted by Crippen LogP contribution is 2.36. The van der Waals surface area contributed by atoms with Crippen molar-refractivity contribution in [2.75, 3.05) is 26.2 Å². The Morgan fingerprint density at radius 3 is 1.25 bits per heavy atom. The molecule has 2 saturated heterocycles. The zero-order valence-electron chi connectivity index (χ0n) is 23.5. The van der Waals surface area contributed by atoms with Crippen molar-refractivity contribution < 1.29 is 10.2 Å². The molecule has 4 aromatic carbocycles. The lowest BCUT2D eigenvalue weighted by molar-refractivity contribution is 0.175. The molecular formula is C36H42N2O2. The van der Waals surface area contributed by atoms with Crippen molar-refractivity contribution >= 4 is 10.8 Å². The molecule has 2 aliphatic rings. The van der Waals surface area contributed by atoms with Crippen molar-refractivity contribution in [2.45, 2.75) is 51.6 Å². The van der Waals surface area contributed by atoms with Crippen LogP contribution >= 0.6 is 0 Å². The van der Waals surface area contributed by atoms with Crippen molar-refractivity contribution in [1.29, 1.82) is 0 Å². The molecule has 0 saturated carbocycles. The molecule has 2 fully saturated rings. The minimum atomic E-state index is 0.359. The Labute approximate surface area is 238 Å². The van der Waals surface area contributed by atoms with Crippen LogP contribution in [-0.4, -0.2) is 46.2 Å². The summed E-state index contributed by atoms with van der Waals surface area (Å²) >= 11 is 0. The Balaban J connectivity index is 1.11. The van der Waals surface area contributed by atoms with E-state index in [9.17, 15) is 10.2 Å². The summed E-state index contributed by atoms with van der Waals surface area (Å²) < 4.78 is 0. The van der Waals surface area contributed by atoms with E-state index in [-0.39, 0.29) is 0 Å². The number of phenols is 2. The molecule has 208 valence electrons. The van der Waals surface area contributed by atoms with Crippen molar-refractivity contribution in [3.8, 4) is 11.5 Å². The largest absolute Gasteiger partial charge is 0.508 e. The summed E-state index contributed by atoms with van der Waals surface area (Å²) in [4.78, 5) is 4.97. The van der Waals surface area contributed by atoms with E-state index in [0.29, 0.717) is 11.5 Å². The summed E-state index contributed by atoms with van der Waals surface area (Å²) in [7, 11) is 0. The monoisotopic (exact) mass is 534 g/mol. The van der Waals surface area contributed by atoms with Gasteiger partial charge in [0.2, 0.25) is 0 Å². The van der Waals surface area contributed by atoms with Gasteiger partial charge in [-0.2, -0.15) is 0 Å². The van der Waals surface area contributed by atoms with Crippen molar-refractivity contribution in [3.05, 3.63) is 107 Å². The second-order valence-electron chi connectivity index (χ2n) is 12.0. The fourth-order valence-corrected chi connectivity index (χ4v) is 6.88. The van der Waals surface area contributed by atoms with E-state index in [1.54, 1.807) is 0 Å². The third kappa shape index (κ3) is 6.35. The summed E-state index contributed by atoms with van der Waals surface area (Å²) in [5, 5.41) is 24.0. The highest BCUT2D eigenvalue weighted by atomic mass is 16.3. The van der Waals surface area contributed by atoms with E-state index in [4.69, 9.17) is 0 Å². The van der Waals surface area contributed by atoms with Gasteiger partial charge in [-0.15, -0.1) is 0 Å². The molecule has 0 aromatic heterocycles. The summed E-state index contributed by atoms with van der Waals surface area (Å²) in [6.45, 7) is 5.70. The SMILES string of the molecule is Oc1ccc2c(CN3CCC(Cc4ccccc4)CC3)c(O)ccc2c1CN1CCC(Cc2ccccc2)CC1. The highest BCUT2D eigenvalue weighted by Gasteiger charge is 2.24. The lowest BCUT2D eigenvalue weighted by atomic mass is 9.89. The summed E-state index contributed by atoms with van der Waals surface area (Å²) in [5.74, 6) is 2.16. The highest BCUT2D eigenvalue weighted by molar-refractivity contribution is 5.92. The van der Waals surface area contributed by atoms with Crippen LogP contribution < -0.4 is 0 Å². The maximum atomic E-state index is 10.9. The van der Waals surface area contributed by atoms with E-state index in [2.05, 4.69) is 70.5 Å². The fourth-order valence-electron chi connectivity index (χ4n) is 6.88. The van der Waals surface area contributed by atoms with Gasteiger partial charge in [-0.05, 0) is 111 Å². The number of hydrogen-bond acceptors (Lipinski definition) is 4. The molecule has 0 spiro atoms. The van der Waals surface area contributed by atoms with Crippen LogP contribution in [-0.2, 0) is 25.9 Å². The first-order valence-electron chi connectivity index (χ1n) is 15.1. The van der Waals surface area contributed by atoms with Crippen LogP contribution in [0.2, 0.25) is 0 Å². The molecular weight excluding hydrogens is 492 g/mol. The molecule has 4 nitrogen and oxygen atoms in total. The van der Waals surface area contributed by atoms with Crippen LogP contribution in [0.25, 0.3) is 10.8 Å². The van der Waals surface area contributed by atoms with Crippen molar-refractivity contribution in [3.63, 3.8) is 0 Å². The van der Waals surface area contributed by atoms with Gasteiger partial charge < -0.3 is 10.2 Å². The molecule has 0 unspecified atom stereocenters. The molecule has 40 heavy (non-hydrogen) atoms. The van der Waals surface area contributed by atoms with Crippen molar-refractivity contribution in [2.24, 2.45) is 11.8 Å². The summed E-state index contributed by atoms with van der Waals surface area (Å²) in [6, 6.07) is 29.3. The van der Waals surface area contributed by atoms with Gasteiger partial charge in [-0.3, -0.25) is 9.80 Å². The van der Waals surface area contributed by atoms with E-state index < -0.39 is 0 Å². The number of likely N-dealkylation sites (tertiary alicyclic amines) is 2. The smallest absolute Gasteiger partial charge is 0.120 e. The molecule has 2 heterocycles. The second kappa shape index (κ2) is 12.4. The standard InChI is InChI=1S/C36H42N2O2/c39-35-13-12-32-31(33(35)25-37-19-15-29(16-20-37)23-27-7-3-1-4-8-27)11-14-36(40)34(32)26-38-21-17-30(18-22-38)24-28-9-5-2-6-10-28/h1-14,29-30,39-40H,15-26H2. The summed E-state index contributed by atoms with van der Waals surface area (Å²) in [6.07, 6.45) is 7.05. The maximum absolute atomic E-state index is 10.9. The van der Waals surface area contributed by atoms with Gasteiger partial charge in [0.05, 0.1) is 0 Å². The maximum Gasteiger partial charge on any atom is 0.120 e. The number of rotatable bonds is 8. The average molecular weight is 535 g/mol. The average Bonchev–Trinajstić information content (AvgIpc) is 2.99. The predicted molar refractivity (Wildman–Crippen MR) is 164 cm³/mol. The zero-order chi connectivity index (χ0) is 27.3. The quantitative estimate of drug-likeness (QED) is 0.252. The molecule has 4 aromatic rings. The minimum Gasteiger partial charge on any atom is -0.508 e. The van der Waals surface area contributed by atoms with E-state index in [0.717, 1.165) is 85.8 Å². The third-order valence-corrected chi connectivity index (χ3v) is 9.29. The van der Waals surface area contributed by atoms with Gasteiger partial charge in [-0.25, -0.2) is 0 Å². The fraction of sp³-hybridized carbons (Fsp3) is 0.389. The Kier molecular flexibility index (Phi) is 8.36. The minimum absolute atomic E-state index is 0.359. The van der Waals surface area contributed by atoms with Gasteiger partial charge in [0.15, 0.2) is 0 Å². The number of aromatic hydroxyl groups is 2. The number of benzene rings is 4. The topological polar surface area (TPSA) is 46.9 Å². The van der Waals surface area contributed by atoms with Gasteiger partial charge in [0.1, 0.15) is 11.5 Å². The number of phenolic OH excluding ortho intramolecular Hbond substituents is 2. The van der Waals surface area contributed by atoms with E-state index in [1.807, 2.05) is 24.3 Å². The number of piperidine rings is 2. The molecule has 2 aliphatic heterocycles. The molecule has 0 aliphatic carbocycles. The van der Waals surface area contributed by atoms with Gasteiger partial charge >= 0.3 is 0 Å². The van der Waals surface area contributed by atoms with Crippen LogP contribution in [0.5, 0.6) is 11.5 Å². The molecule has 6 rings (SSSR count). The first-order chi connectivity index (χ1) is 19.6. The summed E-state index contributed by atoms with van der Waals surface area (Å²) in [5.41, 5.74) is 4.84. The van der Waals surface area contributed by atoms with Crippen LogP contribution in [0, 0.1) is 11.8 Å². The van der Waals surface area contributed by atoms with Crippen LogP contribution in [0.3, 0.4) is 0 Å². The van der Waals surface area contributed by atoms with E-state index >= 15 is 0 Å². The molecule has 0 amide bonds. The molecule has 2 N–H and O–H groups in total. The van der Waals surface area contributed by atoms with Crippen LogP contribution in [0.15, 0.2) is 84.9 Å². The zero-order valence-corrected chi connectivity index (χ0v) is 23.5. The second-order valence-corrected chi connectivity index (χ2v) is 12.0. The number of nitrogens with zero attached hydrogens (tertiary/aromatic N) is 2. The van der Waals surface area contributed by atoms with Gasteiger partial charge in [-0.1, -0.05) is 72.8 Å². The van der Waals surface area contributed by atoms with Crippen molar-refractivity contribution in [1.82, 2.24) is 9.80 Å². The lowest BCUT2D eigenvalue weighted by Crippen LogP contribution is -2.34. The number of hydrogen-bond donors (Lipinski definition) is 2. The third-order valence-electron chi connectivity index (χ3n) is 9.29. The normalized spacial score (nSPS) is 17.9. The predicted octanol–water partition coefficient (Wildman–Crippen LogP) is 7.16. The Bertz CT molecular complexity index is 1280. The van der Waals surface area contributed by atoms with Crippen LogP contribution in [0.1, 0.15) is 47.9 Å². The Morgan fingerprint density at radius 2 is 0.875 bits per heavy atom. The first-order valence-corrected chi connectivity index (χ1v) is 15.1. The number of fused-ring (bicyclic) bond motifs is 1. The molecule has 0 radical (unpaired) electrons. The molecule has 0 bridgehead atoms. The van der Waals surface area contributed by atoms with Gasteiger partial charge in [0, 0.05) is 24.2 Å². The molecule has 0 atom stereocenters. The molecule has 4 heteroatoms. The Morgan fingerprint density at radius 1 is 0.500 bits per heavy atom. The lowest BCUT2D eigenvalue weighted by Gasteiger charge is -2.33.